The molecular weight excluding hydrogens is 198 g/mol. The molecule has 0 bridgehead atoms. The van der Waals surface area contributed by atoms with E-state index in [-0.39, 0.29) is 5.91 Å². The van der Waals surface area contributed by atoms with Crippen molar-refractivity contribution in [2.45, 2.75) is 33.1 Å². The Balaban J connectivity index is 2.39. The van der Waals surface area contributed by atoms with Crippen LogP contribution in [0.15, 0.2) is 24.3 Å². The van der Waals surface area contributed by atoms with Crippen molar-refractivity contribution in [3.8, 4) is 0 Å². The minimum absolute atomic E-state index is 0.232. The minimum Gasteiger partial charge on any atom is -0.312 e. The summed E-state index contributed by atoms with van der Waals surface area (Å²) in [6.07, 6.45) is 0.582. The van der Waals surface area contributed by atoms with E-state index in [9.17, 15) is 4.79 Å². The molecule has 16 heavy (non-hydrogen) atoms. The summed E-state index contributed by atoms with van der Waals surface area (Å²) in [5.74, 6) is 1.30. The van der Waals surface area contributed by atoms with E-state index in [1.165, 1.54) is 5.56 Å². The van der Waals surface area contributed by atoms with Gasteiger partial charge in [-0.3, -0.25) is 4.79 Å². The second kappa shape index (κ2) is 4.28. The Kier molecular flexibility index (Phi) is 2.99. The zero-order chi connectivity index (χ0) is 11.7. The summed E-state index contributed by atoms with van der Waals surface area (Å²) in [7, 11) is 0. The van der Waals surface area contributed by atoms with Crippen LogP contribution in [0.4, 0.5) is 5.69 Å². The first kappa shape index (κ1) is 11.2. The second-order valence-electron chi connectivity index (χ2n) is 4.77. The minimum atomic E-state index is 0.232. The van der Waals surface area contributed by atoms with Crippen molar-refractivity contribution in [3.63, 3.8) is 0 Å². The van der Waals surface area contributed by atoms with E-state index in [1.54, 1.807) is 0 Å². The molecule has 0 fully saturated rings. The highest BCUT2D eigenvalue weighted by Gasteiger charge is 2.32. The highest BCUT2D eigenvalue weighted by Crippen LogP contribution is 2.40. The van der Waals surface area contributed by atoms with Gasteiger partial charge in [-0.1, -0.05) is 39.0 Å². The summed E-state index contributed by atoms with van der Waals surface area (Å²) >= 11 is 0. The molecule has 1 unspecified atom stereocenters. The Hall–Kier alpha value is -1.31. The van der Waals surface area contributed by atoms with Crippen molar-refractivity contribution >= 4 is 11.6 Å². The monoisotopic (exact) mass is 217 g/mol. The Bertz CT molecular complexity index is 397. The number of amides is 1. The number of carbonyl (C=O) groups excluding carboxylic acids is 1. The molecule has 0 aliphatic carbocycles. The lowest BCUT2D eigenvalue weighted by molar-refractivity contribution is -0.118. The highest BCUT2D eigenvalue weighted by molar-refractivity contribution is 5.95. The molecule has 0 aromatic heterocycles. The van der Waals surface area contributed by atoms with Gasteiger partial charge in [-0.2, -0.15) is 0 Å². The molecule has 1 atom stereocenters. The van der Waals surface area contributed by atoms with Crippen molar-refractivity contribution in [2.24, 2.45) is 5.92 Å². The van der Waals surface area contributed by atoms with E-state index in [4.69, 9.17) is 0 Å². The summed E-state index contributed by atoms with van der Waals surface area (Å²) in [4.78, 5) is 13.8. The van der Waals surface area contributed by atoms with E-state index in [0.717, 1.165) is 12.2 Å². The quantitative estimate of drug-likeness (QED) is 0.745. The predicted molar refractivity (Wildman–Crippen MR) is 66.7 cm³/mol. The number of anilines is 1. The first-order valence-corrected chi connectivity index (χ1v) is 6.04. The van der Waals surface area contributed by atoms with Gasteiger partial charge < -0.3 is 4.90 Å². The Morgan fingerprint density at radius 1 is 1.44 bits per heavy atom. The Labute approximate surface area is 97.3 Å². The van der Waals surface area contributed by atoms with Crippen LogP contribution in [0.1, 0.15) is 38.7 Å². The first-order valence-electron chi connectivity index (χ1n) is 6.04. The lowest BCUT2D eigenvalue weighted by Crippen LogP contribution is -2.29. The standard InChI is InChI=1S/C14H19NO/c1-4-14(16)15-9-12(10(2)3)11-7-5-6-8-13(11)15/h5-8,10,12H,4,9H2,1-3H3. The molecule has 2 heteroatoms. The van der Waals surface area contributed by atoms with Crippen molar-refractivity contribution < 1.29 is 4.79 Å². The molecule has 1 heterocycles. The topological polar surface area (TPSA) is 20.3 Å². The summed E-state index contributed by atoms with van der Waals surface area (Å²) in [6.45, 7) is 7.22. The molecule has 0 saturated carbocycles. The van der Waals surface area contributed by atoms with Crippen LogP contribution >= 0.6 is 0 Å². The number of hydrogen-bond donors (Lipinski definition) is 0. The van der Waals surface area contributed by atoms with Gasteiger partial charge in [0.2, 0.25) is 5.91 Å². The fraction of sp³-hybridized carbons (Fsp3) is 0.500. The van der Waals surface area contributed by atoms with E-state index in [0.29, 0.717) is 18.3 Å². The van der Waals surface area contributed by atoms with Gasteiger partial charge in [0, 0.05) is 24.6 Å². The first-order chi connectivity index (χ1) is 7.65. The van der Waals surface area contributed by atoms with Gasteiger partial charge in [-0.15, -0.1) is 0 Å². The fourth-order valence-corrected chi connectivity index (χ4v) is 2.44. The molecule has 86 valence electrons. The molecule has 2 rings (SSSR count). The SMILES string of the molecule is CCC(=O)N1CC(C(C)C)c2ccccc21. The maximum absolute atomic E-state index is 11.9. The lowest BCUT2D eigenvalue weighted by Gasteiger charge is -2.18. The van der Waals surface area contributed by atoms with Gasteiger partial charge in [0.05, 0.1) is 0 Å². The van der Waals surface area contributed by atoms with E-state index >= 15 is 0 Å². The average molecular weight is 217 g/mol. The fourth-order valence-electron chi connectivity index (χ4n) is 2.44. The molecule has 2 nitrogen and oxygen atoms in total. The number of nitrogens with zero attached hydrogens (tertiary/aromatic N) is 1. The van der Waals surface area contributed by atoms with Gasteiger partial charge in [-0.25, -0.2) is 0 Å². The number of benzene rings is 1. The maximum Gasteiger partial charge on any atom is 0.226 e. The zero-order valence-corrected chi connectivity index (χ0v) is 10.2. The van der Waals surface area contributed by atoms with Crippen molar-refractivity contribution in [1.82, 2.24) is 0 Å². The van der Waals surface area contributed by atoms with Crippen LogP contribution in [-0.4, -0.2) is 12.5 Å². The molecule has 0 spiro atoms. The van der Waals surface area contributed by atoms with Crippen LogP contribution in [0.5, 0.6) is 0 Å². The normalized spacial score (nSPS) is 19.0. The van der Waals surface area contributed by atoms with Gasteiger partial charge in [0.25, 0.3) is 0 Å². The summed E-state index contributed by atoms with van der Waals surface area (Å²) in [5.41, 5.74) is 2.45. The third-order valence-electron chi connectivity index (χ3n) is 3.41. The van der Waals surface area contributed by atoms with Crippen LogP contribution in [0.3, 0.4) is 0 Å². The molecule has 0 N–H and O–H groups in total. The summed E-state index contributed by atoms with van der Waals surface area (Å²) in [5, 5.41) is 0. The van der Waals surface area contributed by atoms with Crippen LogP contribution in [-0.2, 0) is 4.79 Å². The number of rotatable bonds is 2. The Morgan fingerprint density at radius 3 is 2.75 bits per heavy atom. The second-order valence-corrected chi connectivity index (χ2v) is 4.77. The maximum atomic E-state index is 11.9. The Morgan fingerprint density at radius 2 is 2.12 bits per heavy atom. The van der Waals surface area contributed by atoms with Crippen molar-refractivity contribution in [3.05, 3.63) is 29.8 Å². The molecular formula is C14H19NO. The molecule has 1 aliphatic rings. The summed E-state index contributed by atoms with van der Waals surface area (Å²) in [6, 6.07) is 8.29. The number of hydrogen-bond acceptors (Lipinski definition) is 1. The van der Waals surface area contributed by atoms with Crippen LogP contribution in [0.25, 0.3) is 0 Å². The third kappa shape index (κ3) is 1.73. The number of para-hydroxylation sites is 1. The largest absolute Gasteiger partial charge is 0.312 e. The van der Waals surface area contributed by atoms with Crippen molar-refractivity contribution in [1.29, 1.82) is 0 Å². The molecule has 0 saturated heterocycles. The van der Waals surface area contributed by atoms with Crippen LogP contribution in [0, 0.1) is 5.92 Å². The van der Waals surface area contributed by atoms with Crippen molar-refractivity contribution in [2.75, 3.05) is 11.4 Å². The highest BCUT2D eigenvalue weighted by atomic mass is 16.2. The summed E-state index contributed by atoms with van der Waals surface area (Å²) < 4.78 is 0. The van der Waals surface area contributed by atoms with E-state index in [1.807, 2.05) is 17.9 Å². The average Bonchev–Trinajstić information content (AvgIpc) is 2.67. The third-order valence-corrected chi connectivity index (χ3v) is 3.41. The molecule has 1 aromatic carbocycles. The molecule has 1 amide bonds. The van der Waals surface area contributed by atoms with Crippen LogP contribution < -0.4 is 4.90 Å². The van der Waals surface area contributed by atoms with E-state index in [2.05, 4.69) is 32.0 Å². The number of fused-ring (bicyclic) bond motifs is 1. The zero-order valence-electron chi connectivity index (χ0n) is 10.2. The van der Waals surface area contributed by atoms with Gasteiger partial charge in [0.15, 0.2) is 0 Å². The molecule has 1 aromatic rings. The predicted octanol–water partition coefficient (Wildman–Crippen LogP) is 3.18. The smallest absolute Gasteiger partial charge is 0.226 e. The number of carbonyl (C=O) groups is 1. The van der Waals surface area contributed by atoms with Gasteiger partial charge in [0.1, 0.15) is 0 Å². The lowest BCUT2D eigenvalue weighted by atomic mass is 9.90. The molecule has 0 radical (unpaired) electrons. The molecule has 1 aliphatic heterocycles. The van der Waals surface area contributed by atoms with Gasteiger partial charge >= 0.3 is 0 Å². The van der Waals surface area contributed by atoms with Gasteiger partial charge in [-0.05, 0) is 17.5 Å². The van der Waals surface area contributed by atoms with Crippen LogP contribution in [0.2, 0.25) is 0 Å². The van der Waals surface area contributed by atoms with E-state index < -0.39 is 0 Å².